The van der Waals surface area contributed by atoms with Gasteiger partial charge in [-0.2, -0.15) is 0 Å². The molecule has 0 spiro atoms. The van der Waals surface area contributed by atoms with Gasteiger partial charge in [-0.1, -0.05) is 30.3 Å². The maximum atomic E-state index is 12.3. The van der Waals surface area contributed by atoms with Crippen molar-refractivity contribution in [1.82, 2.24) is 20.3 Å². The van der Waals surface area contributed by atoms with Gasteiger partial charge in [0, 0.05) is 30.0 Å². The lowest BCUT2D eigenvalue weighted by molar-refractivity contribution is 0.0952. The Morgan fingerprint density at radius 3 is 2.38 bits per heavy atom. The number of aromatic nitrogens is 3. The Hall–Kier alpha value is -3.28. The van der Waals surface area contributed by atoms with Crippen molar-refractivity contribution in [3.63, 3.8) is 0 Å². The van der Waals surface area contributed by atoms with Crippen LogP contribution >= 0.6 is 0 Å². The van der Waals surface area contributed by atoms with E-state index in [4.69, 9.17) is 0 Å². The van der Waals surface area contributed by atoms with Gasteiger partial charge < -0.3 is 10.3 Å². The molecule has 0 radical (unpaired) electrons. The molecule has 0 saturated carbocycles. The van der Waals surface area contributed by atoms with Gasteiger partial charge >= 0.3 is 0 Å². The molecule has 3 aromatic rings. The molecule has 2 aromatic heterocycles. The predicted molar refractivity (Wildman–Crippen MR) is 100 cm³/mol. The fraction of sp³-hybridized carbons (Fsp3) is 0.200. The average molecular weight is 348 g/mol. The van der Waals surface area contributed by atoms with Gasteiger partial charge in [-0.15, -0.1) is 0 Å². The SMILES string of the molecule is Cc1cc(C)nc(CCNC(=O)c2ccc(-c3ccccc3)[nH]c2=O)n1. The van der Waals surface area contributed by atoms with E-state index in [2.05, 4.69) is 20.3 Å². The molecule has 2 N–H and O–H groups in total. The monoisotopic (exact) mass is 348 g/mol. The van der Waals surface area contributed by atoms with E-state index in [1.165, 1.54) is 0 Å². The van der Waals surface area contributed by atoms with Gasteiger partial charge in [0.05, 0.1) is 0 Å². The van der Waals surface area contributed by atoms with Crippen LogP contribution in [0, 0.1) is 13.8 Å². The zero-order valence-electron chi connectivity index (χ0n) is 14.7. The first-order valence-corrected chi connectivity index (χ1v) is 8.41. The molecule has 0 atom stereocenters. The van der Waals surface area contributed by atoms with Gasteiger partial charge in [-0.3, -0.25) is 9.59 Å². The number of H-pyrrole nitrogens is 1. The Bertz CT molecular complexity index is 960. The molecule has 0 fully saturated rings. The van der Waals surface area contributed by atoms with Gasteiger partial charge in [0.2, 0.25) is 0 Å². The Balaban J connectivity index is 1.65. The highest BCUT2D eigenvalue weighted by atomic mass is 16.2. The molecule has 0 aliphatic carbocycles. The zero-order chi connectivity index (χ0) is 18.5. The molecule has 132 valence electrons. The van der Waals surface area contributed by atoms with Crippen LogP contribution in [0.2, 0.25) is 0 Å². The summed E-state index contributed by atoms with van der Waals surface area (Å²) >= 11 is 0. The molecule has 6 heteroatoms. The first kappa shape index (κ1) is 17.5. The molecular weight excluding hydrogens is 328 g/mol. The summed E-state index contributed by atoms with van der Waals surface area (Å²) in [6, 6.07) is 14.7. The summed E-state index contributed by atoms with van der Waals surface area (Å²) in [6.07, 6.45) is 0.508. The average Bonchev–Trinajstić information content (AvgIpc) is 2.61. The number of aryl methyl sites for hydroxylation is 2. The van der Waals surface area contributed by atoms with Crippen molar-refractivity contribution in [2.24, 2.45) is 0 Å². The van der Waals surface area contributed by atoms with E-state index in [-0.39, 0.29) is 5.56 Å². The molecule has 0 bridgehead atoms. The van der Waals surface area contributed by atoms with E-state index in [1.807, 2.05) is 50.2 Å². The van der Waals surface area contributed by atoms with Crippen molar-refractivity contribution >= 4 is 5.91 Å². The van der Waals surface area contributed by atoms with Crippen LogP contribution in [0.25, 0.3) is 11.3 Å². The summed E-state index contributed by atoms with van der Waals surface area (Å²) in [5, 5.41) is 2.75. The zero-order valence-corrected chi connectivity index (χ0v) is 14.7. The van der Waals surface area contributed by atoms with Crippen molar-refractivity contribution < 1.29 is 4.79 Å². The molecule has 0 aliphatic rings. The molecule has 3 rings (SSSR count). The summed E-state index contributed by atoms with van der Waals surface area (Å²) < 4.78 is 0. The molecule has 1 aromatic carbocycles. The van der Waals surface area contributed by atoms with Gasteiger partial charge in [-0.25, -0.2) is 9.97 Å². The lowest BCUT2D eigenvalue weighted by Gasteiger charge is -2.07. The second kappa shape index (κ2) is 7.74. The largest absolute Gasteiger partial charge is 0.351 e. The second-order valence-corrected chi connectivity index (χ2v) is 6.05. The van der Waals surface area contributed by atoms with Crippen LogP contribution in [0.3, 0.4) is 0 Å². The number of aromatic amines is 1. The maximum absolute atomic E-state index is 12.3. The Morgan fingerprint density at radius 2 is 1.73 bits per heavy atom. The quantitative estimate of drug-likeness (QED) is 0.741. The van der Waals surface area contributed by atoms with E-state index in [0.717, 1.165) is 17.0 Å². The Kier molecular flexibility index (Phi) is 5.22. The smallest absolute Gasteiger partial charge is 0.261 e. The van der Waals surface area contributed by atoms with E-state index in [9.17, 15) is 9.59 Å². The number of pyridine rings is 1. The minimum atomic E-state index is -0.411. The highest BCUT2D eigenvalue weighted by Gasteiger charge is 2.11. The molecule has 2 heterocycles. The highest BCUT2D eigenvalue weighted by Crippen LogP contribution is 2.14. The lowest BCUT2D eigenvalue weighted by atomic mass is 10.1. The normalized spacial score (nSPS) is 10.5. The summed E-state index contributed by atoms with van der Waals surface area (Å²) in [7, 11) is 0. The summed E-state index contributed by atoms with van der Waals surface area (Å²) in [6.45, 7) is 4.18. The van der Waals surface area contributed by atoms with Crippen molar-refractivity contribution in [1.29, 1.82) is 0 Å². The number of nitrogens with zero attached hydrogens (tertiary/aromatic N) is 2. The van der Waals surface area contributed by atoms with E-state index in [0.29, 0.717) is 24.5 Å². The lowest BCUT2D eigenvalue weighted by Crippen LogP contribution is -2.31. The van der Waals surface area contributed by atoms with Crippen LogP contribution in [0.4, 0.5) is 0 Å². The molecule has 26 heavy (non-hydrogen) atoms. The number of hydrogen-bond acceptors (Lipinski definition) is 4. The van der Waals surface area contributed by atoms with Gasteiger partial charge in [0.25, 0.3) is 11.5 Å². The molecule has 0 aliphatic heterocycles. The van der Waals surface area contributed by atoms with E-state index in [1.54, 1.807) is 12.1 Å². The van der Waals surface area contributed by atoms with Crippen LogP contribution < -0.4 is 10.9 Å². The Morgan fingerprint density at radius 1 is 1.04 bits per heavy atom. The van der Waals surface area contributed by atoms with Crippen LogP contribution in [0.15, 0.2) is 53.3 Å². The van der Waals surface area contributed by atoms with Crippen molar-refractivity contribution in [2.45, 2.75) is 20.3 Å². The maximum Gasteiger partial charge on any atom is 0.261 e. The summed E-state index contributed by atoms with van der Waals surface area (Å²) in [4.78, 5) is 35.9. The third kappa shape index (κ3) is 4.22. The van der Waals surface area contributed by atoms with Crippen molar-refractivity contribution in [3.05, 3.63) is 81.7 Å². The van der Waals surface area contributed by atoms with Crippen molar-refractivity contribution in [2.75, 3.05) is 6.54 Å². The fourth-order valence-electron chi connectivity index (χ4n) is 2.73. The summed E-state index contributed by atoms with van der Waals surface area (Å²) in [5.41, 5.74) is 3.04. The number of rotatable bonds is 5. The van der Waals surface area contributed by atoms with Crippen LogP contribution in [-0.2, 0) is 6.42 Å². The first-order chi connectivity index (χ1) is 12.5. The number of amides is 1. The minimum absolute atomic E-state index is 0.0889. The molecule has 0 unspecified atom stereocenters. The van der Waals surface area contributed by atoms with E-state index >= 15 is 0 Å². The van der Waals surface area contributed by atoms with Gasteiger partial charge in [0.1, 0.15) is 11.4 Å². The fourth-order valence-corrected chi connectivity index (χ4v) is 2.73. The third-order valence-corrected chi connectivity index (χ3v) is 3.90. The standard InChI is InChI=1S/C20H20N4O2/c1-13-12-14(2)23-18(22-13)10-11-21-19(25)16-8-9-17(24-20(16)26)15-6-4-3-5-7-15/h3-9,12H,10-11H2,1-2H3,(H,21,25)(H,24,26). The van der Waals surface area contributed by atoms with Crippen LogP contribution in [0.5, 0.6) is 0 Å². The topological polar surface area (TPSA) is 87.7 Å². The molecule has 6 nitrogen and oxygen atoms in total. The predicted octanol–water partition coefficient (Wildman–Crippen LogP) is 2.42. The number of hydrogen-bond donors (Lipinski definition) is 2. The number of carbonyl (C=O) groups is 1. The van der Waals surface area contributed by atoms with Crippen molar-refractivity contribution in [3.8, 4) is 11.3 Å². The number of carbonyl (C=O) groups excluding carboxylic acids is 1. The third-order valence-electron chi connectivity index (χ3n) is 3.90. The first-order valence-electron chi connectivity index (χ1n) is 8.41. The molecule has 1 amide bonds. The Labute approximate surface area is 151 Å². The van der Waals surface area contributed by atoms with Gasteiger partial charge in [0.15, 0.2) is 0 Å². The van der Waals surface area contributed by atoms with Gasteiger partial charge in [-0.05, 0) is 37.6 Å². The number of nitrogens with one attached hydrogen (secondary N) is 2. The molecule has 0 saturated heterocycles. The van der Waals surface area contributed by atoms with Crippen LogP contribution in [-0.4, -0.2) is 27.4 Å². The molecular formula is C20H20N4O2. The summed E-state index contributed by atoms with van der Waals surface area (Å²) in [5.74, 6) is 0.270. The second-order valence-electron chi connectivity index (χ2n) is 6.05. The van der Waals surface area contributed by atoms with Crippen LogP contribution in [0.1, 0.15) is 27.6 Å². The number of benzene rings is 1. The van der Waals surface area contributed by atoms with E-state index < -0.39 is 11.5 Å². The highest BCUT2D eigenvalue weighted by molar-refractivity contribution is 5.94. The minimum Gasteiger partial charge on any atom is -0.351 e.